The van der Waals surface area contributed by atoms with E-state index in [9.17, 15) is 14.7 Å². The van der Waals surface area contributed by atoms with Crippen molar-refractivity contribution in [3.63, 3.8) is 0 Å². The van der Waals surface area contributed by atoms with Crippen LogP contribution in [0.15, 0.2) is 0 Å². The second kappa shape index (κ2) is 7.64. The number of carbonyl (C=O) groups is 2. The molecule has 0 saturated heterocycles. The number of hydrogen-bond donors (Lipinski definition) is 3. The van der Waals surface area contributed by atoms with Crippen LogP contribution in [0.25, 0.3) is 0 Å². The molecule has 0 unspecified atom stereocenters. The molecule has 0 heterocycles. The molecule has 0 radical (unpaired) electrons. The highest BCUT2D eigenvalue weighted by molar-refractivity contribution is 5.82. The first kappa shape index (κ1) is 17.8. The molecule has 3 N–H and O–H groups in total. The van der Waals surface area contributed by atoms with Gasteiger partial charge in [0.25, 0.3) is 0 Å². The van der Waals surface area contributed by atoms with Crippen molar-refractivity contribution in [1.82, 2.24) is 15.5 Å². The van der Waals surface area contributed by atoms with Crippen molar-refractivity contribution in [2.45, 2.75) is 57.5 Å². The molecule has 0 spiro atoms. The van der Waals surface area contributed by atoms with E-state index >= 15 is 0 Å². The lowest BCUT2D eigenvalue weighted by molar-refractivity contribution is -0.140. The zero-order chi connectivity index (χ0) is 16.0. The van der Waals surface area contributed by atoms with Gasteiger partial charge in [0.2, 0.25) is 0 Å². The van der Waals surface area contributed by atoms with Gasteiger partial charge in [0.15, 0.2) is 0 Å². The smallest absolute Gasteiger partial charge is 0.326 e. The van der Waals surface area contributed by atoms with Crippen LogP contribution in [0.4, 0.5) is 4.79 Å². The van der Waals surface area contributed by atoms with Crippen molar-refractivity contribution < 1.29 is 14.7 Å². The summed E-state index contributed by atoms with van der Waals surface area (Å²) >= 11 is 0. The average molecular weight is 299 g/mol. The highest BCUT2D eigenvalue weighted by Gasteiger charge is 2.36. The Bertz CT molecular complexity index is 365. The Kier molecular flexibility index (Phi) is 6.45. The van der Waals surface area contributed by atoms with Crippen LogP contribution in [-0.2, 0) is 4.79 Å². The molecule has 1 fully saturated rings. The van der Waals surface area contributed by atoms with Crippen LogP contribution in [0.5, 0.6) is 0 Å². The molecule has 0 aromatic rings. The third-order valence-corrected chi connectivity index (χ3v) is 4.83. The molecule has 1 saturated carbocycles. The van der Waals surface area contributed by atoms with Gasteiger partial charge in [0.1, 0.15) is 6.04 Å². The van der Waals surface area contributed by atoms with Crippen LogP contribution in [0.1, 0.15) is 46.0 Å². The number of carboxylic acids is 1. The Balaban J connectivity index is 2.54. The lowest BCUT2D eigenvalue weighted by Gasteiger charge is -2.36. The SMILES string of the molecule is CC[C@H](C)[C@H](NC(=O)NCC1(N(C)C)CCCC1)C(=O)O. The van der Waals surface area contributed by atoms with Crippen molar-refractivity contribution in [1.29, 1.82) is 0 Å². The maximum atomic E-state index is 12.0. The summed E-state index contributed by atoms with van der Waals surface area (Å²) in [4.78, 5) is 25.4. The lowest BCUT2D eigenvalue weighted by Crippen LogP contribution is -2.55. The minimum atomic E-state index is -0.984. The fourth-order valence-corrected chi connectivity index (χ4v) is 2.94. The number of amides is 2. The van der Waals surface area contributed by atoms with Crippen molar-refractivity contribution in [3.8, 4) is 0 Å². The summed E-state index contributed by atoms with van der Waals surface area (Å²) in [7, 11) is 4.06. The summed E-state index contributed by atoms with van der Waals surface area (Å²) in [6.45, 7) is 4.30. The lowest BCUT2D eigenvalue weighted by atomic mass is 9.96. The largest absolute Gasteiger partial charge is 0.480 e. The highest BCUT2D eigenvalue weighted by atomic mass is 16.4. The van der Waals surface area contributed by atoms with Gasteiger partial charge >= 0.3 is 12.0 Å². The Morgan fingerprint density at radius 3 is 2.29 bits per heavy atom. The number of aliphatic carboxylic acids is 1. The summed E-state index contributed by atoms with van der Waals surface area (Å²) in [5, 5.41) is 14.6. The van der Waals surface area contributed by atoms with E-state index < -0.39 is 18.0 Å². The van der Waals surface area contributed by atoms with E-state index in [-0.39, 0.29) is 11.5 Å². The predicted molar refractivity (Wildman–Crippen MR) is 82.3 cm³/mol. The maximum Gasteiger partial charge on any atom is 0.326 e. The van der Waals surface area contributed by atoms with Crippen LogP contribution in [0.2, 0.25) is 0 Å². The minimum Gasteiger partial charge on any atom is -0.480 e. The average Bonchev–Trinajstić information content (AvgIpc) is 2.91. The zero-order valence-corrected chi connectivity index (χ0v) is 13.6. The predicted octanol–water partition coefficient (Wildman–Crippen LogP) is 1.66. The van der Waals surface area contributed by atoms with Gasteiger partial charge < -0.3 is 20.6 Å². The number of carbonyl (C=O) groups excluding carboxylic acids is 1. The van der Waals surface area contributed by atoms with Crippen molar-refractivity contribution in [2.75, 3.05) is 20.6 Å². The fourth-order valence-electron chi connectivity index (χ4n) is 2.94. The molecule has 0 bridgehead atoms. The minimum absolute atomic E-state index is 0.00638. The summed E-state index contributed by atoms with van der Waals surface area (Å²) in [6, 6.07) is -1.23. The van der Waals surface area contributed by atoms with E-state index in [0.29, 0.717) is 13.0 Å². The van der Waals surface area contributed by atoms with Gasteiger partial charge in [-0.05, 0) is 32.9 Å². The number of rotatable bonds is 7. The van der Waals surface area contributed by atoms with Crippen LogP contribution >= 0.6 is 0 Å². The van der Waals surface area contributed by atoms with E-state index in [4.69, 9.17) is 0 Å². The Hall–Kier alpha value is -1.30. The molecule has 2 atom stereocenters. The van der Waals surface area contributed by atoms with E-state index in [1.807, 2.05) is 27.9 Å². The second-order valence-corrected chi connectivity index (χ2v) is 6.35. The molecule has 21 heavy (non-hydrogen) atoms. The van der Waals surface area contributed by atoms with Gasteiger partial charge in [-0.25, -0.2) is 9.59 Å². The van der Waals surface area contributed by atoms with Crippen LogP contribution in [0.3, 0.4) is 0 Å². The topological polar surface area (TPSA) is 81.7 Å². The first-order chi connectivity index (χ1) is 9.82. The third kappa shape index (κ3) is 4.59. The molecule has 6 nitrogen and oxygen atoms in total. The first-order valence-corrected chi connectivity index (χ1v) is 7.77. The molecular weight excluding hydrogens is 270 g/mol. The number of hydrogen-bond acceptors (Lipinski definition) is 3. The van der Waals surface area contributed by atoms with E-state index in [1.165, 1.54) is 12.8 Å². The summed E-state index contributed by atoms with van der Waals surface area (Å²) in [5.41, 5.74) is 0.00638. The molecule has 2 amide bonds. The van der Waals surface area contributed by atoms with Crippen LogP contribution < -0.4 is 10.6 Å². The van der Waals surface area contributed by atoms with Gasteiger partial charge in [-0.15, -0.1) is 0 Å². The summed E-state index contributed by atoms with van der Waals surface area (Å²) in [6.07, 6.45) is 5.18. The highest BCUT2D eigenvalue weighted by Crippen LogP contribution is 2.33. The monoisotopic (exact) mass is 299 g/mol. The molecule has 1 aliphatic carbocycles. The molecule has 0 aromatic carbocycles. The summed E-state index contributed by atoms with van der Waals surface area (Å²) < 4.78 is 0. The zero-order valence-electron chi connectivity index (χ0n) is 13.6. The number of carboxylic acid groups (broad SMARTS) is 1. The molecule has 1 aliphatic rings. The molecule has 6 heteroatoms. The number of likely N-dealkylation sites (N-methyl/N-ethyl adjacent to an activating group) is 1. The van der Waals surface area contributed by atoms with Crippen LogP contribution in [0, 0.1) is 5.92 Å². The Labute approximate surface area is 127 Å². The maximum absolute atomic E-state index is 12.0. The van der Waals surface area contributed by atoms with Crippen molar-refractivity contribution >= 4 is 12.0 Å². The standard InChI is InChI=1S/C15H29N3O3/c1-5-11(2)12(13(19)20)17-14(21)16-10-15(18(3)4)8-6-7-9-15/h11-12H,5-10H2,1-4H3,(H,19,20)(H2,16,17,21)/t11-,12-/m0/s1. The van der Waals surface area contributed by atoms with Crippen LogP contribution in [-0.4, -0.2) is 54.2 Å². The Morgan fingerprint density at radius 1 is 1.29 bits per heavy atom. The normalized spacial score (nSPS) is 20.0. The van der Waals surface area contributed by atoms with Crippen molar-refractivity contribution in [3.05, 3.63) is 0 Å². The Morgan fingerprint density at radius 2 is 1.86 bits per heavy atom. The van der Waals surface area contributed by atoms with Gasteiger partial charge in [-0.2, -0.15) is 0 Å². The number of urea groups is 1. The molecule has 0 aliphatic heterocycles. The van der Waals surface area contributed by atoms with Crippen molar-refractivity contribution in [2.24, 2.45) is 5.92 Å². The second-order valence-electron chi connectivity index (χ2n) is 6.35. The molecular formula is C15H29N3O3. The third-order valence-electron chi connectivity index (χ3n) is 4.83. The van der Waals surface area contributed by atoms with E-state index in [1.54, 1.807) is 0 Å². The molecule has 122 valence electrons. The quantitative estimate of drug-likeness (QED) is 0.668. The van der Waals surface area contributed by atoms with Gasteiger partial charge in [0, 0.05) is 12.1 Å². The van der Waals surface area contributed by atoms with E-state index in [2.05, 4.69) is 15.5 Å². The molecule has 0 aromatic heterocycles. The van der Waals surface area contributed by atoms with Gasteiger partial charge in [0.05, 0.1) is 0 Å². The van der Waals surface area contributed by atoms with Gasteiger partial charge in [-0.1, -0.05) is 33.1 Å². The van der Waals surface area contributed by atoms with Gasteiger partial charge in [-0.3, -0.25) is 0 Å². The number of nitrogens with one attached hydrogen (secondary N) is 2. The fraction of sp³-hybridized carbons (Fsp3) is 0.867. The number of nitrogens with zero attached hydrogens (tertiary/aromatic N) is 1. The van der Waals surface area contributed by atoms with E-state index in [0.717, 1.165) is 12.8 Å². The summed E-state index contributed by atoms with van der Waals surface area (Å²) in [5.74, 6) is -1.08. The molecule has 1 rings (SSSR count). The first-order valence-electron chi connectivity index (χ1n) is 7.77.